The van der Waals surface area contributed by atoms with E-state index in [1.807, 2.05) is 0 Å². The van der Waals surface area contributed by atoms with Gasteiger partial charge in [0.25, 0.3) is 5.56 Å². The van der Waals surface area contributed by atoms with Gasteiger partial charge in [0, 0.05) is 16.7 Å². The summed E-state index contributed by atoms with van der Waals surface area (Å²) in [4.78, 5) is 26.5. The molecule has 0 aromatic carbocycles. The SMILES string of the molecule is Cc1cn([C@]2(CO)SCC[C@@]2(O)N=[N+]=[N-])c(=O)[nH]c1=O. The Morgan fingerprint density at radius 3 is 2.95 bits per heavy atom. The molecule has 20 heavy (non-hydrogen) atoms. The summed E-state index contributed by atoms with van der Waals surface area (Å²) in [5, 5.41) is 23.5. The van der Waals surface area contributed by atoms with E-state index in [9.17, 15) is 19.8 Å². The van der Waals surface area contributed by atoms with Crippen LogP contribution in [-0.4, -0.2) is 37.8 Å². The number of aromatic nitrogens is 2. The van der Waals surface area contributed by atoms with Crippen LogP contribution in [0.5, 0.6) is 0 Å². The molecule has 1 aromatic rings. The second-order valence-electron chi connectivity index (χ2n) is 4.49. The highest BCUT2D eigenvalue weighted by Gasteiger charge is 2.56. The molecule has 10 heteroatoms. The summed E-state index contributed by atoms with van der Waals surface area (Å²) in [5.74, 6) is 0.390. The van der Waals surface area contributed by atoms with Crippen LogP contribution in [0.2, 0.25) is 0 Å². The molecule has 0 aliphatic carbocycles. The zero-order valence-electron chi connectivity index (χ0n) is 10.6. The number of nitrogens with zero attached hydrogens (tertiary/aromatic N) is 4. The van der Waals surface area contributed by atoms with E-state index in [4.69, 9.17) is 5.53 Å². The van der Waals surface area contributed by atoms with Crippen LogP contribution >= 0.6 is 11.8 Å². The van der Waals surface area contributed by atoms with E-state index in [1.165, 1.54) is 13.1 Å². The first kappa shape index (κ1) is 14.7. The van der Waals surface area contributed by atoms with Crippen molar-refractivity contribution in [2.24, 2.45) is 5.11 Å². The Hall–Kier alpha value is -1.74. The molecule has 0 radical (unpaired) electrons. The standard InChI is InChI=1S/C10H13N5O4S/c1-6-4-15(8(18)12-7(6)17)10(5-16)9(19,13-14-11)2-3-20-10/h4,16,19H,2-3,5H2,1H3,(H,12,17,18)/t9-,10+/m0/s1. The zero-order valence-corrected chi connectivity index (χ0v) is 11.4. The molecule has 108 valence electrons. The molecule has 0 unspecified atom stereocenters. The van der Waals surface area contributed by atoms with Crippen LogP contribution in [-0.2, 0) is 4.87 Å². The lowest BCUT2D eigenvalue weighted by atomic mass is 10.0. The van der Waals surface area contributed by atoms with Gasteiger partial charge in [-0.15, -0.1) is 11.8 Å². The molecule has 0 bridgehead atoms. The molecule has 2 rings (SSSR count). The summed E-state index contributed by atoms with van der Waals surface area (Å²) in [7, 11) is 0. The molecule has 2 heterocycles. The van der Waals surface area contributed by atoms with E-state index in [1.54, 1.807) is 0 Å². The van der Waals surface area contributed by atoms with Crippen LogP contribution in [0.25, 0.3) is 10.4 Å². The first-order chi connectivity index (χ1) is 9.40. The van der Waals surface area contributed by atoms with Crippen molar-refractivity contribution in [1.82, 2.24) is 9.55 Å². The molecule has 9 nitrogen and oxygen atoms in total. The van der Waals surface area contributed by atoms with Gasteiger partial charge < -0.3 is 10.2 Å². The van der Waals surface area contributed by atoms with Crippen molar-refractivity contribution in [3.8, 4) is 0 Å². The largest absolute Gasteiger partial charge is 0.393 e. The Labute approximate surface area is 116 Å². The highest BCUT2D eigenvalue weighted by molar-refractivity contribution is 8.00. The number of rotatable bonds is 3. The predicted molar refractivity (Wildman–Crippen MR) is 72.3 cm³/mol. The average Bonchev–Trinajstić information content (AvgIpc) is 2.72. The summed E-state index contributed by atoms with van der Waals surface area (Å²) >= 11 is 1.09. The number of thioether (sulfide) groups is 1. The maximum absolute atomic E-state index is 12.0. The summed E-state index contributed by atoms with van der Waals surface area (Å²) in [6.45, 7) is 0.866. The van der Waals surface area contributed by atoms with Gasteiger partial charge >= 0.3 is 5.69 Å². The van der Waals surface area contributed by atoms with Crippen LogP contribution in [0.4, 0.5) is 0 Å². The molecule has 1 fully saturated rings. The molecule has 2 atom stereocenters. The van der Waals surface area contributed by atoms with Crippen molar-refractivity contribution in [3.05, 3.63) is 43.0 Å². The van der Waals surface area contributed by atoms with Gasteiger partial charge in [-0.3, -0.25) is 14.3 Å². The molecule has 0 spiro atoms. The van der Waals surface area contributed by atoms with Gasteiger partial charge in [-0.2, -0.15) is 0 Å². The van der Waals surface area contributed by atoms with Gasteiger partial charge in [0.05, 0.1) is 6.61 Å². The Balaban J connectivity index is 2.75. The Morgan fingerprint density at radius 1 is 1.65 bits per heavy atom. The van der Waals surface area contributed by atoms with Crippen molar-refractivity contribution in [2.75, 3.05) is 12.4 Å². The van der Waals surface area contributed by atoms with Gasteiger partial charge in [-0.1, -0.05) is 5.11 Å². The van der Waals surface area contributed by atoms with Crippen LogP contribution in [0, 0.1) is 6.92 Å². The zero-order chi connectivity index (χ0) is 15.0. The van der Waals surface area contributed by atoms with E-state index < -0.39 is 28.5 Å². The lowest BCUT2D eigenvalue weighted by Gasteiger charge is -2.38. The summed E-state index contributed by atoms with van der Waals surface area (Å²) in [6, 6.07) is 0. The topological polar surface area (TPSA) is 144 Å². The number of azide groups is 1. The minimum atomic E-state index is -1.95. The highest BCUT2D eigenvalue weighted by Crippen LogP contribution is 2.49. The number of aliphatic hydroxyl groups excluding tert-OH is 1. The number of aryl methyl sites for hydroxylation is 1. The van der Waals surface area contributed by atoms with Gasteiger partial charge in [0.15, 0.2) is 10.6 Å². The van der Waals surface area contributed by atoms with Gasteiger partial charge in [-0.25, -0.2) is 4.79 Å². The molecule has 1 aromatic heterocycles. The monoisotopic (exact) mass is 299 g/mol. The van der Waals surface area contributed by atoms with E-state index >= 15 is 0 Å². The number of aromatic amines is 1. The predicted octanol–water partition coefficient (Wildman–Crippen LogP) is -0.374. The maximum Gasteiger partial charge on any atom is 0.329 e. The minimum absolute atomic E-state index is 0.0902. The van der Waals surface area contributed by atoms with E-state index in [0.717, 1.165) is 16.3 Å². The number of H-pyrrole nitrogens is 1. The average molecular weight is 299 g/mol. The molecule has 0 amide bonds. The third-order valence-electron chi connectivity index (χ3n) is 3.35. The normalized spacial score (nSPS) is 29.1. The highest BCUT2D eigenvalue weighted by atomic mass is 32.2. The molecular weight excluding hydrogens is 286 g/mol. The number of aliphatic hydroxyl groups is 2. The number of nitrogens with one attached hydrogen (secondary N) is 1. The fraction of sp³-hybridized carbons (Fsp3) is 0.600. The van der Waals surface area contributed by atoms with Crippen LogP contribution in [0.3, 0.4) is 0 Å². The minimum Gasteiger partial charge on any atom is -0.393 e. The molecular formula is C10H13N5O4S. The van der Waals surface area contributed by atoms with Gasteiger partial charge in [-0.05, 0) is 24.6 Å². The van der Waals surface area contributed by atoms with E-state index in [-0.39, 0.29) is 12.0 Å². The second kappa shape index (κ2) is 4.98. The second-order valence-corrected chi connectivity index (χ2v) is 5.86. The lowest BCUT2D eigenvalue weighted by molar-refractivity contribution is -0.0418. The summed E-state index contributed by atoms with van der Waals surface area (Å²) in [5.41, 5.74) is 5.56. The van der Waals surface area contributed by atoms with Crippen LogP contribution in [0.1, 0.15) is 12.0 Å². The first-order valence-corrected chi connectivity index (χ1v) is 6.75. The maximum atomic E-state index is 12.0. The molecule has 1 aliphatic heterocycles. The number of hydrogen-bond donors (Lipinski definition) is 3. The van der Waals surface area contributed by atoms with Crippen LogP contribution in [0.15, 0.2) is 20.9 Å². The molecule has 3 N–H and O–H groups in total. The molecule has 1 saturated heterocycles. The Kier molecular flexibility index (Phi) is 3.65. The van der Waals surface area contributed by atoms with Crippen molar-refractivity contribution in [1.29, 1.82) is 0 Å². The van der Waals surface area contributed by atoms with Crippen molar-refractivity contribution >= 4 is 11.8 Å². The summed E-state index contributed by atoms with van der Waals surface area (Å²) in [6.07, 6.45) is 1.33. The van der Waals surface area contributed by atoms with Gasteiger partial charge in [0.1, 0.15) is 0 Å². The fourth-order valence-corrected chi connectivity index (χ4v) is 3.69. The Morgan fingerprint density at radius 2 is 2.35 bits per heavy atom. The summed E-state index contributed by atoms with van der Waals surface area (Å²) < 4.78 is 1.02. The van der Waals surface area contributed by atoms with E-state index in [2.05, 4.69) is 15.0 Å². The van der Waals surface area contributed by atoms with Crippen LogP contribution < -0.4 is 11.2 Å². The quantitative estimate of drug-likeness (QED) is 0.396. The number of hydrogen-bond acceptors (Lipinski definition) is 6. The van der Waals surface area contributed by atoms with Crippen molar-refractivity contribution < 1.29 is 10.2 Å². The molecule has 1 aliphatic rings. The molecule has 0 saturated carbocycles. The van der Waals surface area contributed by atoms with Gasteiger partial charge in [0.2, 0.25) is 0 Å². The fourth-order valence-electron chi connectivity index (χ4n) is 2.22. The smallest absolute Gasteiger partial charge is 0.329 e. The lowest BCUT2D eigenvalue weighted by Crippen LogP contribution is -2.55. The Bertz CT molecular complexity index is 694. The van der Waals surface area contributed by atoms with E-state index in [0.29, 0.717) is 5.75 Å². The van der Waals surface area contributed by atoms with Crippen molar-refractivity contribution in [2.45, 2.75) is 23.9 Å². The third-order valence-corrected chi connectivity index (χ3v) is 4.89. The third kappa shape index (κ3) is 1.93. The van der Waals surface area contributed by atoms with Crippen molar-refractivity contribution in [3.63, 3.8) is 0 Å². The first-order valence-electron chi connectivity index (χ1n) is 5.77.